The highest BCUT2D eigenvalue weighted by Gasteiger charge is 2.12. The van der Waals surface area contributed by atoms with Crippen LogP contribution in [0.2, 0.25) is 0 Å². The minimum atomic E-state index is 0.187. The van der Waals surface area contributed by atoms with E-state index in [-0.39, 0.29) is 5.78 Å². The minimum absolute atomic E-state index is 0.187. The van der Waals surface area contributed by atoms with E-state index in [4.69, 9.17) is 0 Å². The molecule has 2 nitrogen and oxygen atoms in total. The second kappa shape index (κ2) is 2.38. The van der Waals surface area contributed by atoms with Crippen LogP contribution in [0.4, 0.5) is 0 Å². The highest BCUT2D eigenvalue weighted by atomic mass is 16.1. The maximum absolute atomic E-state index is 10.9. The Morgan fingerprint density at radius 3 is 3.09 bits per heavy atom. The fraction of sp³-hybridized carbons (Fsp3) is 0.222. The van der Waals surface area contributed by atoms with Crippen LogP contribution in [0.25, 0.3) is 0 Å². The lowest BCUT2D eigenvalue weighted by atomic mass is 10.00. The number of ketones is 1. The molecule has 0 unspecified atom stereocenters. The second-order valence-corrected chi connectivity index (χ2v) is 2.69. The molecule has 2 rings (SSSR count). The number of dihydropyridines is 1. The van der Waals surface area contributed by atoms with E-state index >= 15 is 0 Å². The largest absolute Gasteiger partial charge is 0.384 e. The number of hydrogen-bond donors (Lipinski definition) is 1. The molecular weight excluding hydrogens is 138 g/mol. The van der Waals surface area contributed by atoms with Crippen molar-refractivity contribution in [3.63, 3.8) is 0 Å². The molecule has 0 aromatic carbocycles. The van der Waals surface area contributed by atoms with E-state index in [1.165, 1.54) is 0 Å². The van der Waals surface area contributed by atoms with Gasteiger partial charge in [-0.1, -0.05) is 12.2 Å². The van der Waals surface area contributed by atoms with Crippen molar-refractivity contribution in [3.8, 4) is 0 Å². The van der Waals surface area contributed by atoms with Crippen molar-refractivity contribution in [2.24, 2.45) is 0 Å². The van der Waals surface area contributed by atoms with Crippen LogP contribution in [0.3, 0.4) is 0 Å². The Bertz CT molecular complexity index is 284. The fourth-order valence-corrected chi connectivity index (χ4v) is 1.31. The van der Waals surface area contributed by atoms with Gasteiger partial charge in [-0.2, -0.15) is 0 Å². The lowest BCUT2D eigenvalue weighted by Crippen LogP contribution is -2.21. The van der Waals surface area contributed by atoms with Crippen LogP contribution >= 0.6 is 0 Å². The molecule has 2 heteroatoms. The molecule has 56 valence electrons. The minimum Gasteiger partial charge on any atom is -0.384 e. The van der Waals surface area contributed by atoms with Gasteiger partial charge < -0.3 is 5.32 Å². The van der Waals surface area contributed by atoms with Crippen molar-refractivity contribution in [1.29, 1.82) is 0 Å². The summed E-state index contributed by atoms with van der Waals surface area (Å²) in [5, 5.41) is 3.17. The molecule has 0 aromatic heterocycles. The van der Waals surface area contributed by atoms with Crippen LogP contribution in [0.1, 0.15) is 6.42 Å². The summed E-state index contributed by atoms with van der Waals surface area (Å²) >= 11 is 0. The molecule has 0 spiro atoms. The summed E-state index contributed by atoms with van der Waals surface area (Å²) in [6, 6.07) is 0. The Kier molecular flexibility index (Phi) is 1.39. The molecule has 1 N–H and O–H groups in total. The molecule has 1 heterocycles. The zero-order valence-corrected chi connectivity index (χ0v) is 6.13. The van der Waals surface area contributed by atoms with Gasteiger partial charge in [-0.15, -0.1) is 0 Å². The average Bonchev–Trinajstić information content (AvgIpc) is 2.04. The first kappa shape index (κ1) is 6.40. The highest BCUT2D eigenvalue weighted by Crippen LogP contribution is 2.17. The molecule has 11 heavy (non-hydrogen) atoms. The first-order chi connectivity index (χ1) is 5.36. The summed E-state index contributed by atoms with van der Waals surface area (Å²) < 4.78 is 0. The van der Waals surface area contributed by atoms with Gasteiger partial charge >= 0.3 is 0 Å². The van der Waals surface area contributed by atoms with Gasteiger partial charge in [0.1, 0.15) is 0 Å². The number of rotatable bonds is 0. The maximum Gasteiger partial charge on any atom is 0.161 e. The Balaban J connectivity index is 2.34. The van der Waals surface area contributed by atoms with E-state index in [0.717, 1.165) is 17.8 Å². The monoisotopic (exact) mass is 147 g/mol. The molecule has 2 aliphatic rings. The molecule has 0 saturated carbocycles. The van der Waals surface area contributed by atoms with Gasteiger partial charge in [-0.3, -0.25) is 4.79 Å². The smallest absolute Gasteiger partial charge is 0.161 e. The zero-order valence-electron chi connectivity index (χ0n) is 6.13. The molecule has 0 amide bonds. The van der Waals surface area contributed by atoms with E-state index in [1.54, 1.807) is 6.08 Å². The predicted molar refractivity (Wildman–Crippen MR) is 42.9 cm³/mol. The van der Waals surface area contributed by atoms with Crippen LogP contribution in [-0.2, 0) is 4.79 Å². The van der Waals surface area contributed by atoms with E-state index in [2.05, 4.69) is 17.5 Å². The first-order valence-electron chi connectivity index (χ1n) is 3.71. The molecule has 1 aliphatic heterocycles. The molecule has 0 saturated heterocycles. The lowest BCUT2D eigenvalue weighted by Gasteiger charge is -2.17. The Morgan fingerprint density at radius 2 is 2.18 bits per heavy atom. The van der Waals surface area contributed by atoms with E-state index in [0.29, 0.717) is 6.42 Å². The number of carbonyl (C=O) groups excluding carboxylic acids is 1. The average molecular weight is 147 g/mol. The van der Waals surface area contributed by atoms with Gasteiger partial charge in [0.2, 0.25) is 0 Å². The Hall–Kier alpha value is -1.31. The van der Waals surface area contributed by atoms with E-state index in [1.807, 2.05) is 6.08 Å². The fourth-order valence-electron chi connectivity index (χ4n) is 1.31. The highest BCUT2D eigenvalue weighted by molar-refractivity contribution is 5.93. The van der Waals surface area contributed by atoms with Gasteiger partial charge in [0, 0.05) is 12.2 Å². The molecule has 1 aliphatic carbocycles. The number of allylic oxidation sites excluding steroid dienone is 5. The standard InChI is InChI=1S/C9H9NO/c11-8-4-3-7-2-1-5-10-9(7)6-8/h1-4,10H,5-6H2. The van der Waals surface area contributed by atoms with Gasteiger partial charge in [-0.05, 0) is 17.7 Å². The normalized spacial score (nSPS) is 21.6. The van der Waals surface area contributed by atoms with E-state index < -0.39 is 0 Å². The summed E-state index contributed by atoms with van der Waals surface area (Å²) in [4.78, 5) is 10.9. The number of hydrogen-bond acceptors (Lipinski definition) is 2. The molecule has 0 aromatic rings. The molecular formula is C9H9NO. The lowest BCUT2D eigenvalue weighted by molar-refractivity contribution is -0.114. The summed E-state index contributed by atoms with van der Waals surface area (Å²) in [7, 11) is 0. The SMILES string of the molecule is O=C1C=CC2=C(C1)NCC=C2. The molecule has 0 atom stereocenters. The van der Waals surface area contributed by atoms with Gasteiger partial charge in [0.05, 0.1) is 6.42 Å². The van der Waals surface area contributed by atoms with E-state index in [9.17, 15) is 4.79 Å². The van der Waals surface area contributed by atoms with Crippen molar-refractivity contribution < 1.29 is 4.79 Å². The molecule has 0 radical (unpaired) electrons. The summed E-state index contributed by atoms with van der Waals surface area (Å²) in [5.41, 5.74) is 2.22. The summed E-state index contributed by atoms with van der Waals surface area (Å²) in [5.74, 6) is 0.187. The van der Waals surface area contributed by atoms with Crippen molar-refractivity contribution in [2.75, 3.05) is 6.54 Å². The third kappa shape index (κ3) is 1.11. The molecule has 0 bridgehead atoms. The molecule has 0 fully saturated rings. The maximum atomic E-state index is 10.9. The first-order valence-corrected chi connectivity index (χ1v) is 3.71. The summed E-state index contributed by atoms with van der Waals surface area (Å²) in [6.07, 6.45) is 8.14. The van der Waals surface area contributed by atoms with Gasteiger partial charge in [0.25, 0.3) is 0 Å². The number of nitrogens with one attached hydrogen (secondary N) is 1. The van der Waals surface area contributed by atoms with Crippen molar-refractivity contribution >= 4 is 5.78 Å². The van der Waals surface area contributed by atoms with Gasteiger partial charge in [-0.25, -0.2) is 0 Å². The van der Waals surface area contributed by atoms with Crippen molar-refractivity contribution in [1.82, 2.24) is 5.32 Å². The third-order valence-corrected chi connectivity index (χ3v) is 1.88. The van der Waals surface area contributed by atoms with Crippen LogP contribution < -0.4 is 5.32 Å². The zero-order chi connectivity index (χ0) is 7.68. The topological polar surface area (TPSA) is 29.1 Å². The third-order valence-electron chi connectivity index (χ3n) is 1.88. The van der Waals surface area contributed by atoms with Crippen LogP contribution in [0.5, 0.6) is 0 Å². The van der Waals surface area contributed by atoms with Crippen LogP contribution in [0, 0.1) is 0 Å². The number of carbonyl (C=O) groups is 1. The van der Waals surface area contributed by atoms with Crippen LogP contribution in [0.15, 0.2) is 35.6 Å². The Labute approximate surface area is 65.3 Å². The quantitative estimate of drug-likeness (QED) is 0.552. The Morgan fingerprint density at radius 1 is 1.27 bits per heavy atom. The van der Waals surface area contributed by atoms with Crippen molar-refractivity contribution in [3.05, 3.63) is 35.6 Å². The van der Waals surface area contributed by atoms with Gasteiger partial charge in [0.15, 0.2) is 5.78 Å². The predicted octanol–water partition coefficient (Wildman–Crippen LogP) is 0.929. The second-order valence-electron chi connectivity index (χ2n) is 2.69. The summed E-state index contributed by atoms with van der Waals surface area (Å²) in [6.45, 7) is 0.847. The van der Waals surface area contributed by atoms with Crippen LogP contribution in [-0.4, -0.2) is 12.3 Å². The van der Waals surface area contributed by atoms with Crippen molar-refractivity contribution in [2.45, 2.75) is 6.42 Å².